The number of rotatable bonds is 3. The molecule has 0 saturated carbocycles. The van der Waals surface area contributed by atoms with Crippen molar-refractivity contribution in [2.75, 3.05) is 20.7 Å². The van der Waals surface area contributed by atoms with Gasteiger partial charge in [-0.3, -0.25) is 4.79 Å². The Morgan fingerprint density at radius 2 is 2.30 bits per heavy atom. The van der Waals surface area contributed by atoms with E-state index in [1.54, 1.807) is 19.0 Å². The fourth-order valence-electron chi connectivity index (χ4n) is 0.340. The lowest BCUT2D eigenvalue weighted by molar-refractivity contribution is -0.118. The third-order valence-electron chi connectivity index (χ3n) is 0.758. The van der Waals surface area contributed by atoms with E-state index in [-0.39, 0.29) is 18.9 Å². The zero-order valence-electron chi connectivity index (χ0n) is 6.24. The first-order valence-corrected chi connectivity index (χ1v) is 3.01. The van der Waals surface area contributed by atoms with Crippen molar-refractivity contribution in [2.24, 2.45) is 4.99 Å². The monoisotopic (exact) mass is 144 g/mol. The minimum absolute atomic E-state index is 0.102. The second kappa shape index (κ2) is 4.93. The van der Waals surface area contributed by atoms with Gasteiger partial charge in [0, 0.05) is 14.1 Å². The van der Waals surface area contributed by atoms with Gasteiger partial charge in [0.1, 0.15) is 0 Å². The van der Waals surface area contributed by atoms with E-state index < -0.39 is 0 Å². The number of aliphatic hydroxyl groups is 1. The Morgan fingerprint density at radius 1 is 1.70 bits per heavy atom. The molecule has 0 radical (unpaired) electrons. The number of nitrogens with zero attached hydrogens (tertiary/aromatic N) is 2. The Kier molecular flexibility index (Phi) is 4.49. The summed E-state index contributed by atoms with van der Waals surface area (Å²) in [6.07, 6.45) is 1.52. The highest BCUT2D eigenvalue weighted by molar-refractivity contribution is 5.84. The van der Waals surface area contributed by atoms with Crippen LogP contribution in [0.4, 0.5) is 0 Å². The molecule has 0 rings (SSSR count). The zero-order valence-corrected chi connectivity index (χ0v) is 6.24. The summed E-state index contributed by atoms with van der Waals surface area (Å²) in [6.45, 7) is -0.135. The van der Waals surface area contributed by atoms with Crippen LogP contribution in [-0.4, -0.2) is 43.0 Å². The maximum Gasteiger partial charge on any atom is 0.249 e. The lowest BCUT2D eigenvalue weighted by Gasteiger charge is -2.00. The van der Waals surface area contributed by atoms with Gasteiger partial charge in [0.25, 0.3) is 0 Å². The number of hydrogen-bond donors (Lipinski definition) is 1. The molecule has 0 atom stereocenters. The molecule has 0 spiro atoms. The number of aliphatic hydroxyl groups excluding tert-OH is 1. The van der Waals surface area contributed by atoms with E-state index in [0.29, 0.717) is 0 Å². The van der Waals surface area contributed by atoms with Crippen molar-refractivity contribution in [1.82, 2.24) is 4.90 Å². The third kappa shape index (κ3) is 5.24. The molecule has 0 unspecified atom stereocenters. The van der Waals surface area contributed by atoms with Gasteiger partial charge in [-0.2, -0.15) is 0 Å². The second-order valence-corrected chi connectivity index (χ2v) is 2.08. The summed E-state index contributed by atoms with van der Waals surface area (Å²) < 4.78 is 0. The fourth-order valence-corrected chi connectivity index (χ4v) is 0.340. The van der Waals surface area contributed by atoms with Crippen molar-refractivity contribution in [1.29, 1.82) is 0 Å². The van der Waals surface area contributed by atoms with Gasteiger partial charge in [0.2, 0.25) is 5.91 Å². The topological polar surface area (TPSA) is 52.9 Å². The molecular formula is C6H12N2O2. The van der Waals surface area contributed by atoms with E-state index in [0.717, 1.165) is 0 Å². The molecule has 0 aliphatic heterocycles. The molecule has 0 saturated heterocycles. The first-order valence-electron chi connectivity index (χ1n) is 3.01. The third-order valence-corrected chi connectivity index (χ3v) is 0.758. The van der Waals surface area contributed by atoms with Gasteiger partial charge in [0.15, 0.2) is 0 Å². The van der Waals surface area contributed by atoms with Gasteiger partial charge in [-0.1, -0.05) is 0 Å². The van der Waals surface area contributed by atoms with Crippen LogP contribution in [0.5, 0.6) is 0 Å². The molecule has 10 heavy (non-hydrogen) atoms. The van der Waals surface area contributed by atoms with Crippen molar-refractivity contribution >= 4 is 12.2 Å². The first kappa shape index (κ1) is 9.10. The van der Waals surface area contributed by atoms with Crippen molar-refractivity contribution in [2.45, 2.75) is 6.42 Å². The van der Waals surface area contributed by atoms with Gasteiger partial charge >= 0.3 is 0 Å². The molecule has 0 aliphatic rings. The Balaban J connectivity index is 3.56. The van der Waals surface area contributed by atoms with E-state index in [4.69, 9.17) is 5.11 Å². The van der Waals surface area contributed by atoms with Crippen LogP contribution in [-0.2, 0) is 4.79 Å². The standard InChI is InChI=1S/C6H12N2O2/c1-8(2)5-7-6(10)3-4-9/h5,9H,3-4H2,1-2H3/b7-5+. The fraction of sp³-hybridized carbons (Fsp3) is 0.667. The summed E-state index contributed by atoms with van der Waals surface area (Å²) in [5, 5.41) is 8.29. The van der Waals surface area contributed by atoms with Crippen LogP contribution in [0.15, 0.2) is 4.99 Å². The van der Waals surface area contributed by atoms with Gasteiger partial charge in [-0.15, -0.1) is 0 Å². The normalized spacial score (nSPS) is 10.3. The molecule has 0 aromatic carbocycles. The Hall–Kier alpha value is -0.900. The minimum Gasteiger partial charge on any atom is -0.396 e. The average Bonchev–Trinajstić information content (AvgIpc) is 1.85. The molecule has 0 aromatic rings. The SMILES string of the molecule is CN(C)/C=N/C(=O)CCO. The molecule has 58 valence electrons. The van der Waals surface area contributed by atoms with E-state index in [9.17, 15) is 4.79 Å². The van der Waals surface area contributed by atoms with Gasteiger partial charge in [-0.05, 0) is 0 Å². The van der Waals surface area contributed by atoms with Crippen molar-refractivity contribution in [3.8, 4) is 0 Å². The van der Waals surface area contributed by atoms with Crippen LogP contribution >= 0.6 is 0 Å². The summed E-state index contributed by atoms with van der Waals surface area (Å²) in [7, 11) is 3.55. The molecule has 0 heterocycles. The summed E-state index contributed by atoms with van der Waals surface area (Å²) in [4.78, 5) is 15.7. The summed E-state index contributed by atoms with van der Waals surface area (Å²) in [5.74, 6) is -0.295. The van der Waals surface area contributed by atoms with Gasteiger partial charge in [0.05, 0.1) is 19.4 Å². The van der Waals surface area contributed by atoms with Gasteiger partial charge < -0.3 is 10.0 Å². The smallest absolute Gasteiger partial charge is 0.249 e. The average molecular weight is 144 g/mol. The Morgan fingerprint density at radius 3 is 2.70 bits per heavy atom. The van der Waals surface area contributed by atoms with Crippen LogP contribution in [0.25, 0.3) is 0 Å². The van der Waals surface area contributed by atoms with Crippen molar-refractivity contribution < 1.29 is 9.90 Å². The molecule has 0 aromatic heterocycles. The highest BCUT2D eigenvalue weighted by atomic mass is 16.3. The summed E-state index contributed by atoms with van der Waals surface area (Å²) in [6, 6.07) is 0. The Labute approximate surface area is 60.2 Å². The first-order chi connectivity index (χ1) is 4.66. The van der Waals surface area contributed by atoms with E-state index in [1.807, 2.05) is 0 Å². The summed E-state index contributed by atoms with van der Waals surface area (Å²) >= 11 is 0. The largest absolute Gasteiger partial charge is 0.396 e. The quantitative estimate of drug-likeness (QED) is 0.428. The molecule has 0 bridgehead atoms. The highest BCUT2D eigenvalue weighted by Crippen LogP contribution is 1.81. The predicted octanol–water partition coefficient (Wildman–Crippen LogP) is -0.515. The van der Waals surface area contributed by atoms with E-state index in [2.05, 4.69) is 4.99 Å². The number of carbonyl (C=O) groups is 1. The molecule has 1 N–H and O–H groups in total. The molecular weight excluding hydrogens is 132 g/mol. The van der Waals surface area contributed by atoms with Crippen LogP contribution in [0, 0.1) is 0 Å². The highest BCUT2D eigenvalue weighted by Gasteiger charge is 1.93. The molecule has 4 nitrogen and oxygen atoms in total. The van der Waals surface area contributed by atoms with Crippen molar-refractivity contribution in [3.63, 3.8) is 0 Å². The van der Waals surface area contributed by atoms with Crippen LogP contribution in [0.1, 0.15) is 6.42 Å². The molecule has 0 aliphatic carbocycles. The number of hydrogen-bond acceptors (Lipinski definition) is 2. The predicted molar refractivity (Wildman–Crippen MR) is 38.9 cm³/mol. The minimum atomic E-state index is -0.295. The van der Waals surface area contributed by atoms with E-state index >= 15 is 0 Å². The molecule has 1 amide bonds. The maximum atomic E-state index is 10.6. The zero-order chi connectivity index (χ0) is 7.98. The lowest BCUT2D eigenvalue weighted by Crippen LogP contribution is -2.10. The van der Waals surface area contributed by atoms with Gasteiger partial charge in [-0.25, -0.2) is 4.99 Å². The van der Waals surface area contributed by atoms with E-state index in [1.165, 1.54) is 6.34 Å². The number of carbonyl (C=O) groups excluding carboxylic acids is 1. The van der Waals surface area contributed by atoms with Crippen LogP contribution in [0.2, 0.25) is 0 Å². The van der Waals surface area contributed by atoms with Crippen molar-refractivity contribution in [3.05, 3.63) is 0 Å². The molecule has 4 heteroatoms. The van der Waals surface area contributed by atoms with Crippen LogP contribution < -0.4 is 0 Å². The maximum absolute atomic E-state index is 10.6. The number of aliphatic imine (C=N–C) groups is 1. The summed E-state index contributed by atoms with van der Waals surface area (Å²) in [5.41, 5.74) is 0. The lowest BCUT2D eigenvalue weighted by atomic mass is 10.4. The second-order valence-electron chi connectivity index (χ2n) is 2.08. The number of amides is 1. The Bertz CT molecular complexity index is 132. The molecule has 0 fully saturated rings. The van der Waals surface area contributed by atoms with Crippen LogP contribution in [0.3, 0.4) is 0 Å².